The predicted octanol–water partition coefficient (Wildman–Crippen LogP) is 4.06. The van der Waals surface area contributed by atoms with Crippen LogP contribution in [-0.2, 0) is 19.0 Å². The standard InChI is InChI=1S/C32H37N3O6/c1-17-14-31-18(2)12-22-24(29(22,3)4)21(25(31)36)13-19-16-39-30(5,6)41-27(19)32(31,38)26(17)40-28(37)23-15-33-34-35(23)20-10-8-7-9-11-20/h7-11,13-15,18,21-22,24,26-27,38H,12,16H2,1-6H3. The lowest BCUT2D eigenvalue weighted by molar-refractivity contribution is -0.302. The number of aliphatic hydroxyl groups is 1. The Morgan fingerprint density at radius 2 is 1.90 bits per heavy atom. The summed E-state index contributed by atoms with van der Waals surface area (Å²) in [5.41, 5.74) is -1.04. The summed E-state index contributed by atoms with van der Waals surface area (Å²) in [7, 11) is 0. The van der Waals surface area contributed by atoms with Gasteiger partial charge < -0.3 is 19.3 Å². The normalized spacial score (nSPS) is 39.7. The molecule has 41 heavy (non-hydrogen) atoms. The van der Waals surface area contributed by atoms with Gasteiger partial charge in [0.2, 0.25) is 0 Å². The van der Waals surface area contributed by atoms with E-state index in [-0.39, 0.29) is 41.3 Å². The number of carbonyl (C=O) groups excluding carboxylic acids is 2. The van der Waals surface area contributed by atoms with Gasteiger partial charge in [0.15, 0.2) is 29.0 Å². The number of fused-ring (bicyclic) bond motifs is 5. The first-order valence-corrected chi connectivity index (χ1v) is 14.5. The van der Waals surface area contributed by atoms with Crippen molar-refractivity contribution in [2.45, 2.75) is 71.6 Å². The molecule has 9 heteroatoms. The number of ketones is 1. The van der Waals surface area contributed by atoms with E-state index in [1.54, 1.807) is 13.8 Å². The first kappa shape index (κ1) is 26.7. The lowest BCUT2D eigenvalue weighted by atomic mass is 9.59. The summed E-state index contributed by atoms with van der Waals surface area (Å²) in [6.07, 6.45) is 3.97. The van der Waals surface area contributed by atoms with Crippen molar-refractivity contribution in [3.8, 4) is 5.69 Å². The smallest absolute Gasteiger partial charge is 0.359 e. The minimum atomic E-state index is -1.88. The summed E-state index contributed by atoms with van der Waals surface area (Å²) in [5, 5.41) is 21.2. The molecule has 8 unspecified atom stereocenters. The summed E-state index contributed by atoms with van der Waals surface area (Å²) >= 11 is 0. The van der Waals surface area contributed by atoms with Crippen LogP contribution in [0.15, 0.2) is 59.8 Å². The van der Waals surface area contributed by atoms with Gasteiger partial charge in [0.1, 0.15) is 6.10 Å². The van der Waals surface area contributed by atoms with Crippen molar-refractivity contribution in [3.63, 3.8) is 0 Å². The van der Waals surface area contributed by atoms with E-state index in [9.17, 15) is 14.7 Å². The summed E-state index contributed by atoms with van der Waals surface area (Å²) in [6.45, 7) is 12.2. The fourth-order valence-electron chi connectivity index (χ4n) is 8.60. The Morgan fingerprint density at radius 1 is 1.17 bits per heavy atom. The fourth-order valence-corrected chi connectivity index (χ4v) is 8.60. The highest BCUT2D eigenvalue weighted by Gasteiger charge is 2.77. The van der Waals surface area contributed by atoms with E-state index < -0.39 is 35.0 Å². The first-order valence-electron chi connectivity index (χ1n) is 14.5. The number of Topliss-reactive ketones (excluding diaryl/α,β-unsaturated/α-hetero) is 1. The maximum atomic E-state index is 14.8. The summed E-state index contributed by atoms with van der Waals surface area (Å²) in [6, 6.07) is 9.18. The van der Waals surface area contributed by atoms with Crippen molar-refractivity contribution < 1.29 is 28.9 Å². The van der Waals surface area contributed by atoms with E-state index in [0.717, 1.165) is 12.0 Å². The van der Waals surface area contributed by atoms with Gasteiger partial charge in [0.25, 0.3) is 0 Å². The van der Waals surface area contributed by atoms with Crippen molar-refractivity contribution in [3.05, 3.63) is 65.5 Å². The SMILES string of the molecule is CC1=CC23C(=O)C(C=C4COC(C)(C)OC4C2(O)C1OC(=O)c1cnnn1-c1ccccc1)C1C(CC3C)C1(C)C. The van der Waals surface area contributed by atoms with Crippen LogP contribution in [0.5, 0.6) is 0 Å². The zero-order chi connectivity index (χ0) is 29.1. The Labute approximate surface area is 239 Å². The Hall–Kier alpha value is -3.14. The second kappa shape index (κ2) is 8.46. The molecule has 3 fully saturated rings. The first-order chi connectivity index (χ1) is 19.3. The van der Waals surface area contributed by atoms with Crippen LogP contribution in [0.2, 0.25) is 0 Å². The molecule has 9 nitrogen and oxygen atoms in total. The highest BCUT2D eigenvalue weighted by molar-refractivity contribution is 5.96. The zero-order valence-electron chi connectivity index (χ0n) is 24.3. The maximum absolute atomic E-state index is 14.8. The zero-order valence-corrected chi connectivity index (χ0v) is 24.3. The van der Waals surface area contributed by atoms with Crippen LogP contribution in [0.4, 0.5) is 0 Å². The van der Waals surface area contributed by atoms with Crippen molar-refractivity contribution in [2.75, 3.05) is 6.61 Å². The molecule has 8 atom stereocenters. The number of hydrogen-bond donors (Lipinski definition) is 1. The third-order valence-electron chi connectivity index (χ3n) is 10.7. The largest absolute Gasteiger partial charge is 0.450 e. The third kappa shape index (κ3) is 3.46. The average Bonchev–Trinajstić information content (AvgIpc) is 3.21. The van der Waals surface area contributed by atoms with E-state index in [2.05, 4.69) is 31.1 Å². The van der Waals surface area contributed by atoms with Crippen LogP contribution in [0.25, 0.3) is 5.69 Å². The van der Waals surface area contributed by atoms with Gasteiger partial charge in [-0.2, -0.15) is 0 Å². The molecule has 2 saturated carbocycles. The Kier molecular flexibility index (Phi) is 5.52. The number of benzene rings is 1. The third-order valence-corrected chi connectivity index (χ3v) is 10.7. The van der Waals surface area contributed by atoms with E-state index >= 15 is 0 Å². The molecule has 216 valence electrons. The summed E-state index contributed by atoms with van der Waals surface area (Å²) in [4.78, 5) is 28.6. The number of esters is 1. The summed E-state index contributed by atoms with van der Waals surface area (Å²) < 4.78 is 20.2. The van der Waals surface area contributed by atoms with Crippen LogP contribution >= 0.6 is 0 Å². The van der Waals surface area contributed by atoms with Crippen LogP contribution < -0.4 is 0 Å². The molecule has 1 aromatic carbocycles. The highest BCUT2D eigenvalue weighted by Crippen LogP contribution is 2.72. The number of allylic oxidation sites excluding steroid dienone is 1. The maximum Gasteiger partial charge on any atom is 0.359 e. The molecule has 0 amide bonds. The van der Waals surface area contributed by atoms with Gasteiger partial charge in [0, 0.05) is 5.92 Å². The van der Waals surface area contributed by atoms with Crippen LogP contribution in [0.1, 0.15) is 58.5 Å². The monoisotopic (exact) mass is 559 g/mol. The van der Waals surface area contributed by atoms with Gasteiger partial charge in [-0.3, -0.25) is 4.79 Å². The van der Waals surface area contributed by atoms with Crippen LogP contribution in [-0.4, -0.2) is 62.1 Å². The molecule has 1 aromatic heterocycles. The molecular weight excluding hydrogens is 522 g/mol. The van der Waals surface area contributed by atoms with Gasteiger partial charge in [0.05, 0.1) is 23.9 Å². The van der Waals surface area contributed by atoms with E-state index in [1.165, 1.54) is 10.9 Å². The van der Waals surface area contributed by atoms with Gasteiger partial charge in [-0.1, -0.05) is 56.3 Å². The number of nitrogens with zero attached hydrogens (tertiary/aromatic N) is 3. The summed E-state index contributed by atoms with van der Waals surface area (Å²) in [5.74, 6) is -1.81. The molecule has 2 heterocycles. The van der Waals surface area contributed by atoms with Crippen molar-refractivity contribution in [2.24, 2.45) is 34.5 Å². The minimum absolute atomic E-state index is 0.0208. The lowest BCUT2D eigenvalue weighted by Gasteiger charge is -2.52. The molecule has 4 aliphatic carbocycles. The number of aromatic nitrogens is 3. The Morgan fingerprint density at radius 3 is 2.63 bits per heavy atom. The molecule has 0 radical (unpaired) electrons. The number of carbonyl (C=O) groups is 2. The highest BCUT2D eigenvalue weighted by atomic mass is 16.7. The second-order valence-electron chi connectivity index (χ2n) is 13.6. The molecule has 1 saturated heterocycles. The molecule has 1 spiro atoms. The second-order valence-corrected chi connectivity index (χ2v) is 13.6. The van der Waals surface area contributed by atoms with Gasteiger partial charge in [-0.15, -0.1) is 5.10 Å². The van der Waals surface area contributed by atoms with Gasteiger partial charge in [-0.25, -0.2) is 9.48 Å². The number of hydrogen-bond acceptors (Lipinski definition) is 8. The van der Waals surface area contributed by atoms with Crippen molar-refractivity contribution in [1.82, 2.24) is 15.0 Å². The number of rotatable bonds is 3. The van der Waals surface area contributed by atoms with Gasteiger partial charge in [-0.05, 0) is 73.6 Å². The van der Waals surface area contributed by atoms with Crippen molar-refractivity contribution >= 4 is 11.8 Å². The molecule has 2 bridgehead atoms. The van der Waals surface area contributed by atoms with Crippen molar-refractivity contribution in [1.29, 1.82) is 0 Å². The Balaban J connectivity index is 1.35. The number of para-hydroxylation sites is 1. The minimum Gasteiger partial charge on any atom is -0.450 e. The van der Waals surface area contributed by atoms with Gasteiger partial charge >= 0.3 is 5.97 Å². The molecule has 1 aliphatic heterocycles. The van der Waals surface area contributed by atoms with Crippen LogP contribution in [0, 0.1) is 34.5 Å². The lowest BCUT2D eigenvalue weighted by Crippen LogP contribution is -2.68. The topological polar surface area (TPSA) is 113 Å². The van der Waals surface area contributed by atoms with E-state index in [0.29, 0.717) is 17.2 Å². The Bertz CT molecular complexity index is 1510. The van der Waals surface area contributed by atoms with E-state index in [4.69, 9.17) is 14.2 Å². The predicted molar refractivity (Wildman–Crippen MR) is 148 cm³/mol. The molecular formula is C32H37N3O6. The van der Waals surface area contributed by atoms with Crippen LogP contribution in [0.3, 0.4) is 0 Å². The molecule has 1 N–H and O–H groups in total. The molecule has 7 rings (SSSR count). The quantitative estimate of drug-likeness (QED) is 0.443. The van der Waals surface area contributed by atoms with E-state index in [1.807, 2.05) is 49.4 Å². The average molecular weight is 560 g/mol. The molecule has 5 aliphatic rings. The number of ether oxygens (including phenoxy) is 3. The molecule has 2 aromatic rings. The fraction of sp³-hybridized carbons (Fsp3) is 0.562.